The Balaban J connectivity index is 2.31. The third kappa shape index (κ3) is 3.38. The second-order valence-electron chi connectivity index (χ2n) is 5.67. The van der Waals surface area contributed by atoms with Gasteiger partial charge in [-0.1, -0.05) is 0 Å². The van der Waals surface area contributed by atoms with Crippen LogP contribution in [0.2, 0.25) is 0 Å². The summed E-state index contributed by atoms with van der Waals surface area (Å²) < 4.78 is 30.9. The maximum Gasteiger partial charge on any atom is 0.203 e. The Morgan fingerprint density at radius 1 is 1.07 bits per heavy atom. The van der Waals surface area contributed by atoms with E-state index in [1.54, 1.807) is 12.1 Å². The van der Waals surface area contributed by atoms with Crippen LogP contribution < -0.4 is 14.2 Å². The number of nitrogens with zero attached hydrogens (tertiary/aromatic N) is 1. The van der Waals surface area contributed by atoms with Crippen LogP contribution in [0, 0.1) is 12.7 Å². The normalized spacial score (nSPS) is 10.6. The summed E-state index contributed by atoms with van der Waals surface area (Å²) in [5, 5.41) is 2.81. The predicted molar refractivity (Wildman–Crippen MR) is 103 cm³/mol. The molecule has 0 aliphatic heterocycles. The van der Waals surface area contributed by atoms with Crippen molar-refractivity contribution in [3.63, 3.8) is 0 Å². The zero-order valence-corrected chi connectivity index (χ0v) is 16.1. The molecule has 0 radical (unpaired) electrons. The molecular weight excluding hydrogens is 369 g/mol. The van der Waals surface area contributed by atoms with Gasteiger partial charge >= 0.3 is 0 Å². The van der Waals surface area contributed by atoms with E-state index < -0.39 is 5.82 Å². The van der Waals surface area contributed by atoms with E-state index in [1.165, 1.54) is 44.8 Å². The van der Waals surface area contributed by atoms with Crippen LogP contribution in [-0.2, 0) is 0 Å². The van der Waals surface area contributed by atoms with Crippen molar-refractivity contribution in [2.75, 3.05) is 21.3 Å². The molecule has 3 aromatic rings. The van der Waals surface area contributed by atoms with Crippen molar-refractivity contribution < 1.29 is 23.4 Å². The zero-order valence-electron chi connectivity index (χ0n) is 15.3. The lowest BCUT2D eigenvalue weighted by Gasteiger charge is -2.18. The van der Waals surface area contributed by atoms with Crippen LogP contribution in [0.4, 0.5) is 4.39 Å². The van der Waals surface area contributed by atoms with E-state index in [0.717, 1.165) is 16.3 Å². The molecule has 3 rings (SSSR count). The van der Waals surface area contributed by atoms with Crippen molar-refractivity contribution in [1.82, 2.24) is 4.98 Å². The van der Waals surface area contributed by atoms with Gasteiger partial charge in [0.25, 0.3) is 0 Å². The van der Waals surface area contributed by atoms with Gasteiger partial charge in [0.15, 0.2) is 17.8 Å². The van der Waals surface area contributed by atoms with Crippen molar-refractivity contribution in [2.45, 2.75) is 6.92 Å². The molecule has 0 spiro atoms. The number of rotatable bonds is 6. The highest BCUT2D eigenvalue weighted by molar-refractivity contribution is 7.09. The van der Waals surface area contributed by atoms with Crippen LogP contribution in [0.3, 0.4) is 0 Å². The van der Waals surface area contributed by atoms with Crippen LogP contribution in [0.1, 0.15) is 15.4 Å². The van der Waals surface area contributed by atoms with Gasteiger partial charge in [0.1, 0.15) is 5.82 Å². The minimum absolute atomic E-state index is 0.220. The van der Waals surface area contributed by atoms with Gasteiger partial charge in [-0.15, -0.1) is 11.3 Å². The van der Waals surface area contributed by atoms with Gasteiger partial charge in [-0.3, -0.25) is 4.79 Å². The SMILES string of the molecule is COc1cc(C=O)c(-c2cc(-c3csc(C)n3)ccc2F)c(OC)c1OC. The molecule has 7 heteroatoms. The van der Waals surface area contributed by atoms with E-state index in [9.17, 15) is 9.18 Å². The Labute approximate surface area is 160 Å². The Morgan fingerprint density at radius 3 is 2.37 bits per heavy atom. The number of benzene rings is 2. The third-order valence-corrected chi connectivity index (χ3v) is 4.91. The van der Waals surface area contributed by atoms with E-state index in [1.807, 2.05) is 12.3 Å². The molecule has 140 valence electrons. The summed E-state index contributed by atoms with van der Waals surface area (Å²) in [6.07, 6.45) is 0.638. The van der Waals surface area contributed by atoms with Gasteiger partial charge in [0, 0.05) is 27.6 Å². The number of halogens is 1. The molecule has 0 N–H and O–H groups in total. The van der Waals surface area contributed by atoms with Crippen molar-refractivity contribution in [1.29, 1.82) is 0 Å². The van der Waals surface area contributed by atoms with Crippen LogP contribution in [0.15, 0.2) is 29.6 Å². The molecule has 0 aliphatic carbocycles. The highest BCUT2D eigenvalue weighted by Gasteiger charge is 2.24. The van der Waals surface area contributed by atoms with E-state index in [4.69, 9.17) is 14.2 Å². The molecule has 0 saturated heterocycles. The Bertz CT molecular complexity index is 1000. The highest BCUT2D eigenvalue weighted by atomic mass is 32.1. The Kier molecular flexibility index (Phi) is 5.41. The summed E-state index contributed by atoms with van der Waals surface area (Å²) in [4.78, 5) is 16.2. The summed E-state index contributed by atoms with van der Waals surface area (Å²) >= 11 is 1.51. The molecule has 5 nitrogen and oxygen atoms in total. The van der Waals surface area contributed by atoms with E-state index >= 15 is 0 Å². The summed E-state index contributed by atoms with van der Waals surface area (Å²) in [5.41, 5.74) is 2.24. The molecule has 0 amide bonds. The minimum atomic E-state index is -0.487. The number of aromatic nitrogens is 1. The lowest BCUT2D eigenvalue weighted by Crippen LogP contribution is -2.01. The summed E-state index contributed by atoms with van der Waals surface area (Å²) in [5.74, 6) is 0.352. The maximum atomic E-state index is 14.8. The molecule has 0 unspecified atom stereocenters. The molecule has 1 aromatic heterocycles. The quantitative estimate of drug-likeness (QED) is 0.571. The monoisotopic (exact) mass is 387 g/mol. The van der Waals surface area contributed by atoms with Crippen LogP contribution in [0.25, 0.3) is 22.4 Å². The molecule has 27 heavy (non-hydrogen) atoms. The van der Waals surface area contributed by atoms with Crippen LogP contribution in [0.5, 0.6) is 17.2 Å². The zero-order chi connectivity index (χ0) is 19.6. The lowest BCUT2D eigenvalue weighted by molar-refractivity contribution is 0.112. The molecule has 2 aromatic carbocycles. The predicted octanol–water partition coefficient (Wildman–Crippen LogP) is 4.76. The number of carbonyl (C=O) groups excluding carboxylic acids is 1. The number of carbonyl (C=O) groups is 1. The van der Waals surface area contributed by atoms with Crippen molar-refractivity contribution in [3.8, 4) is 39.6 Å². The number of ether oxygens (including phenoxy) is 3. The molecular formula is C20H18FNO4S. The van der Waals surface area contributed by atoms with Crippen molar-refractivity contribution in [2.24, 2.45) is 0 Å². The number of methoxy groups -OCH3 is 3. The number of aldehydes is 1. The molecule has 0 saturated carbocycles. The van der Waals surface area contributed by atoms with Gasteiger partial charge in [-0.25, -0.2) is 9.37 Å². The van der Waals surface area contributed by atoms with Gasteiger partial charge in [-0.2, -0.15) is 0 Å². The molecule has 0 bridgehead atoms. The summed E-state index contributed by atoms with van der Waals surface area (Å²) in [7, 11) is 4.34. The third-order valence-electron chi connectivity index (χ3n) is 4.14. The van der Waals surface area contributed by atoms with E-state index in [0.29, 0.717) is 17.6 Å². The minimum Gasteiger partial charge on any atom is -0.493 e. The molecule has 0 fully saturated rings. The second-order valence-corrected chi connectivity index (χ2v) is 6.74. The van der Waals surface area contributed by atoms with E-state index in [-0.39, 0.29) is 22.6 Å². The fourth-order valence-corrected chi connectivity index (χ4v) is 3.54. The summed E-state index contributed by atoms with van der Waals surface area (Å²) in [6.45, 7) is 1.90. The molecule has 1 heterocycles. The van der Waals surface area contributed by atoms with Crippen LogP contribution >= 0.6 is 11.3 Å². The molecule has 0 aliphatic rings. The molecule has 0 atom stereocenters. The standard InChI is InChI=1S/C20H18FNO4S/c1-11-22-16(10-27-11)12-5-6-15(21)14(7-12)18-13(9-23)8-17(24-2)19(25-3)20(18)26-4/h5-10H,1-4H3. The van der Waals surface area contributed by atoms with E-state index in [2.05, 4.69) is 4.98 Å². The number of aryl methyl sites for hydroxylation is 1. The highest BCUT2D eigenvalue weighted by Crippen LogP contribution is 2.47. The van der Waals surface area contributed by atoms with Gasteiger partial charge in [0.2, 0.25) is 5.75 Å². The van der Waals surface area contributed by atoms with Crippen LogP contribution in [-0.4, -0.2) is 32.6 Å². The van der Waals surface area contributed by atoms with Crippen molar-refractivity contribution >= 4 is 17.6 Å². The topological polar surface area (TPSA) is 57.7 Å². The fraction of sp³-hybridized carbons (Fsp3) is 0.200. The first-order valence-corrected chi connectivity index (χ1v) is 8.92. The average molecular weight is 387 g/mol. The van der Waals surface area contributed by atoms with Gasteiger partial charge in [-0.05, 0) is 31.2 Å². The fourth-order valence-electron chi connectivity index (χ4n) is 2.92. The Hall–Kier alpha value is -2.93. The largest absolute Gasteiger partial charge is 0.493 e. The average Bonchev–Trinajstić information content (AvgIpc) is 3.12. The number of thiazole rings is 1. The van der Waals surface area contributed by atoms with Gasteiger partial charge < -0.3 is 14.2 Å². The smallest absolute Gasteiger partial charge is 0.203 e. The first kappa shape index (κ1) is 18.8. The lowest BCUT2D eigenvalue weighted by atomic mass is 9.95. The summed E-state index contributed by atoms with van der Waals surface area (Å²) in [6, 6.07) is 6.16. The number of hydrogen-bond acceptors (Lipinski definition) is 6. The Morgan fingerprint density at radius 2 is 1.81 bits per heavy atom. The number of hydrogen-bond donors (Lipinski definition) is 0. The van der Waals surface area contributed by atoms with Crippen molar-refractivity contribution in [3.05, 3.63) is 46.0 Å². The maximum absolute atomic E-state index is 14.8. The second kappa shape index (κ2) is 7.75. The first-order valence-electron chi connectivity index (χ1n) is 8.04. The van der Waals surface area contributed by atoms with Gasteiger partial charge in [0.05, 0.1) is 32.0 Å². The first-order chi connectivity index (χ1) is 13.0.